The first-order valence-electron chi connectivity index (χ1n) is 12.6. The Morgan fingerprint density at radius 1 is 1.20 bits per heavy atom. The highest BCUT2D eigenvalue weighted by atomic mass is 32.1. The van der Waals surface area contributed by atoms with E-state index < -0.39 is 11.4 Å². The first kappa shape index (κ1) is 23.8. The highest BCUT2D eigenvalue weighted by Crippen LogP contribution is 2.43. The van der Waals surface area contributed by atoms with Crippen molar-refractivity contribution in [2.75, 3.05) is 6.61 Å². The summed E-state index contributed by atoms with van der Waals surface area (Å²) in [6.45, 7) is 4.94. The van der Waals surface area contributed by atoms with Gasteiger partial charge in [0.1, 0.15) is 16.3 Å². The molecule has 5 rings (SSSR count). The van der Waals surface area contributed by atoms with E-state index in [0.29, 0.717) is 6.61 Å². The molecule has 0 spiro atoms. The van der Waals surface area contributed by atoms with Crippen molar-refractivity contribution >= 4 is 17.3 Å². The molecule has 6 nitrogen and oxygen atoms in total. The molecule has 1 atom stereocenters. The van der Waals surface area contributed by atoms with E-state index in [4.69, 9.17) is 4.74 Å². The SMILES string of the molecule is CC(C)C1Cc2cc(OCCC3CCCCC3)c(-c3nccs3)cc2-c2cc(=O)c(C(=O)O)cn21. The molecule has 1 saturated carbocycles. The number of aromatic carboxylic acids is 1. The Morgan fingerprint density at radius 2 is 2.00 bits per heavy atom. The van der Waals surface area contributed by atoms with Gasteiger partial charge in [0.15, 0.2) is 5.43 Å². The average Bonchev–Trinajstić information content (AvgIpc) is 3.38. The fourth-order valence-electron chi connectivity index (χ4n) is 5.56. The van der Waals surface area contributed by atoms with Crippen molar-refractivity contribution in [1.82, 2.24) is 9.55 Å². The van der Waals surface area contributed by atoms with E-state index in [0.717, 1.165) is 51.9 Å². The maximum Gasteiger partial charge on any atom is 0.341 e. The number of aromatic nitrogens is 2. The monoisotopic (exact) mass is 492 g/mol. The minimum absolute atomic E-state index is 0.0528. The van der Waals surface area contributed by atoms with E-state index in [-0.39, 0.29) is 17.5 Å². The van der Waals surface area contributed by atoms with Crippen LogP contribution in [-0.4, -0.2) is 27.2 Å². The van der Waals surface area contributed by atoms with Gasteiger partial charge in [0.2, 0.25) is 0 Å². The number of benzene rings is 1. The maximum absolute atomic E-state index is 12.7. The van der Waals surface area contributed by atoms with E-state index in [1.54, 1.807) is 17.5 Å². The third-order valence-corrected chi connectivity index (χ3v) is 8.32. The van der Waals surface area contributed by atoms with E-state index in [1.165, 1.54) is 44.4 Å². The van der Waals surface area contributed by atoms with Crippen molar-refractivity contribution in [2.45, 2.75) is 64.8 Å². The van der Waals surface area contributed by atoms with Crippen LogP contribution in [0.3, 0.4) is 0 Å². The highest BCUT2D eigenvalue weighted by molar-refractivity contribution is 7.13. The zero-order chi connectivity index (χ0) is 24.5. The molecule has 2 aromatic heterocycles. The van der Waals surface area contributed by atoms with Gasteiger partial charge < -0.3 is 14.4 Å². The van der Waals surface area contributed by atoms with Crippen LogP contribution in [0.5, 0.6) is 5.75 Å². The molecule has 0 bridgehead atoms. The van der Waals surface area contributed by atoms with Crippen molar-refractivity contribution in [3.63, 3.8) is 0 Å². The third-order valence-electron chi connectivity index (χ3n) is 7.52. The lowest BCUT2D eigenvalue weighted by atomic mass is 9.86. The Labute approximate surface area is 209 Å². The summed E-state index contributed by atoms with van der Waals surface area (Å²) in [6.07, 6.45) is 11.7. The molecule has 1 N–H and O–H groups in total. The third kappa shape index (κ3) is 4.79. The normalized spacial score (nSPS) is 17.7. The van der Waals surface area contributed by atoms with Gasteiger partial charge in [-0.2, -0.15) is 0 Å². The Bertz CT molecular complexity index is 1270. The minimum Gasteiger partial charge on any atom is -0.493 e. The lowest BCUT2D eigenvalue weighted by Crippen LogP contribution is -2.28. The predicted molar refractivity (Wildman–Crippen MR) is 138 cm³/mol. The van der Waals surface area contributed by atoms with Crippen molar-refractivity contribution in [3.8, 4) is 27.6 Å². The first-order chi connectivity index (χ1) is 16.9. The molecule has 3 aromatic rings. The molecule has 0 radical (unpaired) electrons. The highest BCUT2D eigenvalue weighted by Gasteiger charge is 2.29. The van der Waals surface area contributed by atoms with Crippen molar-refractivity contribution < 1.29 is 14.6 Å². The van der Waals surface area contributed by atoms with Gasteiger partial charge in [-0.15, -0.1) is 11.3 Å². The molecule has 1 unspecified atom stereocenters. The Kier molecular flexibility index (Phi) is 6.78. The number of carbonyl (C=O) groups is 1. The molecule has 3 heterocycles. The van der Waals surface area contributed by atoms with E-state index in [2.05, 4.69) is 31.0 Å². The van der Waals surface area contributed by atoms with Gasteiger partial charge in [0, 0.05) is 35.4 Å². The number of carboxylic acid groups (broad SMARTS) is 1. The largest absolute Gasteiger partial charge is 0.493 e. The quantitative estimate of drug-likeness (QED) is 0.410. The summed E-state index contributed by atoms with van der Waals surface area (Å²) in [7, 11) is 0. The van der Waals surface area contributed by atoms with Gasteiger partial charge in [-0.25, -0.2) is 9.78 Å². The van der Waals surface area contributed by atoms with Crippen LogP contribution in [-0.2, 0) is 6.42 Å². The molecule has 1 aliphatic heterocycles. The summed E-state index contributed by atoms with van der Waals surface area (Å²) >= 11 is 1.56. The van der Waals surface area contributed by atoms with Gasteiger partial charge in [-0.1, -0.05) is 46.0 Å². The summed E-state index contributed by atoms with van der Waals surface area (Å²) < 4.78 is 8.39. The van der Waals surface area contributed by atoms with Gasteiger partial charge >= 0.3 is 5.97 Å². The van der Waals surface area contributed by atoms with Crippen LogP contribution in [0.1, 0.15) is 74.3 Å². The number of pyridine rings is 1. The average molecular weight is 493 g/mol. The van der Waals surface area contributed by atoms with Crippen LogP contribution < -0.4 is 10.2 Å². The number of fused-ring (bicyclic) bond motifs is 3. The van der Waals surface area contributed by atoms with Crippen LogP contribution in [0, 0.1) is 11.8 Å². The first-order valence-corrected chi connectivity index (χ1v) is 13.5. The zero-order valence-corrected chi connectivity index (χ0v) is 21.1. The second kappa shape index (κ2) is 9.97. The van der Waals surface area contributed by atoms with Gasteiger partial charge in [0.25, 0.3) is 0 Å². The van der Waals surface area contributed by atoms with Crippen molar-refractivity contribution in [3.05, 3.63) is 57.3 Å². The van der Waals surface area contributed by atoms with Crippen LogP contribution in [0.4, 0.5) is 0 Å². The Morgan fingerprint density at radius 3 is 2.69 bits per heavy atom. The number of hydrogen-bond donors (Lipinski definition) is 1. The summed E-state index contributed by atoms with van der Waals surface area (Å²) in [4.78, 5) is 28.9. The topological polar surface area (TPSA) is 81.4 Å². The van der Waals surface area contributed by atoms with E-state index >= 15 is 0 Å². The molecule has 1 aliphatic carbocycles. The van der Waals surface area contributed by atoms with Crippen molar-refractivity contribution in [2.24, 2.45) is 11.8 Å². The van der Waals surface area contributed by atoms with E-state index in [9.17, 15) is 14.7 Å². The molecule has 7 heteroatoms. The smallest absolute Gasteiger partial charge is 0.341 e. The van der Waals surface area contributed by atoms with Gasteiger partial charge in [0.05, 0.1) is 17.9 Å². The molecule has 184 valence electrons. The lowest BCUT2D eigenvalue weighted by molar-refractivity contribution is 0.0694. The second-order valence-corrected chi connectivity index (χ2v) is 11.0. The van der Waals surface area contributed by atoms with Crippen LogP contribution in [0.25, 0.3) is 21.8 Å². The van der Waals surface area contributed by atoms with E-state index in [1.807, 2.05) is 9.95 Å². The zero-order valence-electron chi connectivity index (χ0n) is 20.3. The van der Waals surface area contributed by atoms with Gasteiger partial charge in [-0.3, -0.25) is 4.79 Å². The molecule has 0 amide bonds. The van der Waals surface area contributed by atoms with Gasteiger partial charge in [-0.05, 0) is 42.4 Å². The fraction of sp³-hybridized carbons (Fsp3) is 0.464. The summed E-state index contributed by atoms with van der Waals surface area (Å²) in [5.74, 6) is 0.663. The van der Waals surface area contributed by atoms with Crippen LogP contribution >= 0.6 is 11.3 Å². The number of rotatable bonds is 7. The summed E-state index contributed by atoms with van der Waals surface area (Å²) in [5, 5.41) is 12.4. The van der Waals surface area contributed by atoms with Crippen molar-refractivity contribution in [1.29, 1.82) is 0 Å². The molecular formula is C28H32N2O4S. The summed E-state index contributed by atoms with van der Waals surface area (Å²) in [5.41, 5.74) is 3.09. The Hall–Kier alpha value is -2.93. The fourth-order valence-corrected chi connectivity index (χ4v) is 6.22. The molecule has 1 aromatic carbocycles. The Balaban J connectivity index is 1.56. The maximum atomic E-state index is 12.7. The number of ether oxygens (including phenoxy) is 1. The molecule has 1 fully saturated rings. The van der Waals surface area contributed by atoms with Crippen LogP contribution in [0.2, 0.25) is 0 Å². The number of hydrogen-bond acceptors (Lipinski definition) is 5. The minimum atomic E-state index is -1.19. The predicted octanol–water partition coefficient (Wildman–Crippen LogP) is 6.44. The molecule has 0 saturated heterocycles. The second-order valence-electron chi connectivity index (χ2n) is 10.1. The summed E-state index contributed by atoms with van der Waals surface area (Å²) in [6, 6.07) is 5.73. The molecular weight excluding hydrogens is 460 g/mol. The molecule has 35 heavy (non-hydrogen) atoms. The van der Waals surface area contributed by atoms with Crippen LogP contribution in [0.15, 0.2) is 40.8 Å². The number of thiazole rings is 1. The number of nitrogens with zero attached hydrogens (tertiary/aromatic N) is 2. The molecule has 2 aliphatic rings. The lowest BCUT2D eigenvalue weighted by Gasteiger charge is -2.34. The standard InChI is InChI=1S/C28H32N2O4S/c1-17(2)23-12-19-13-26(34-10-8-18-6-4-3-5-7-18)21(27-29-9-11-35-27)14-20(19)24-15-25(31)22(28(32)33)16-30(23)24/h9,11,13-18,23H,3-8,10,12H2,1-2H3,(H,32,33). The number of carboxylic acids is 1.